The molecule has 0 bridgehead atoms. The zero-order chi connectivity index (χ0) is 16.1. The summed E-state index contributed by atoms with van der Waals surface area (Å²) in [7, 11) is 0. The molecule has 0 amide bonds. The second kappa shape index (κ2) is 4.88. The van der Waals surface area contributed by atoms with Gasteiger partial charge in [-0.2, -0.15) is 0 Å². The van der Waals surface area contributed by atoms with Crippen LogP contribution in [-0.4, -0.2) is 0 Å². The number of hydrogen-bond acceptors (Lipinski definition) is 1. The quantitative estimate of drug-likeness (QED) is 0.641. The van der Waals surface area contributed by atoms with Crippen molar-refractivity contribution in [3.05, 3.63) is 71.8 Å². The molecule has 1 heteroatoms. The highest BCUT2D eigenvalue weighted by Gasteiger charge is 2.36. The highest BCUT2D eigenvalue weighted by atomic mass is 16.5. The van der Waals surface area contributed by atoms with E-state index in [0.717, 1.165) is 33.8 Å². The van der Waals surface area contributed by atoms with Crippen LogP contribution < -0.4 is 4.74 Å². The normalized spacial score (nSPS) is 14.5. The van der Waals surface area contributed by atoms with Gasteiger partial charge in [0.25, 0.3) is 0 Å². The van der Waals surface area contributed by atoms with E-state index in [0.29, 0.717) is 0 Å². The first kappa shape index (κ1) is 14.6. The van der Waals surface area contributed by atoms with E-state index < -0.39 is 0 Å². The van der Waals surface area contributed by atoms with Gasteiger partial charge in [-0.3, -0.25) is 0 Å². The van der Waals surface area contributed by atoms with E-state index in [1.54, 1.807) is 0 Å². The van der Waals surface area contributed by atoms with Crippen molar-refractivity contribution < 1.29 is 4.74 Å². The number of allylic oxidation sites excluding steroid dienone is 2. The smallest absolute Gasteiger partial charge is 0.139 e. The van der Waals surface area contributed by atoms with Crippen molar-refractivity contribution in [1.29, 1.82) is 0 Å². The molecule has 2 aromatic carbocycles. The molecular formula is C21H22O. The fourth-order valence-corrected chi connectivity index (χ4v) is 3.20. The van der Waals surface area contributed by atoms with Crippen molar-refractivity contribution in [3.63, 3.8) is 0 Å². The molecule has 22 heavy (non-hydrogen) atoms. The monoisotopic (exact) mass is 290 g/mol. The highest BCUT2D eigenvalue weighted by Crippen LogP contribution is 2.51. The van der Waals surface area contributed by atoms with Crippen LogP contribution in [0, 0.1) is 0 Å². The lowest BCUT2D eigenvalue weighted by Gasteiger charge is -2.36. The summed E-state index contributed by atoms with van der Waals surface area (Å²) in [5, 5.41) is 0. The van der Waals surface area contributed by atoms with E-state index in [1.165, 1.54) is 11.1 Å². The molecule has 3 rings (SSSR count). The largest absolute Gasteiger partial charge is 0.455 e. The summed E-state index contributed by atoms with van der Waals surface area (Å²) in [4.78, 5) is 0. The van der Waals surface area contributed by atoms with Crippen molar-refractivity contribution in [1.82, 2.24) is 0 Å². The van der Waals surface area contributed by atoms with Gasteiger partial charge < -0.3 is 4.74 Å². The summed E-state index contributed by atoms with van der Waals surface area (Å²) in [6, 6.07) is 12.6. The fourth-order valence-electron chi connectivity index (χ4n) is 3.20. The minimum absolute atomic E-state index is 0.111. The van der Waals surface area contributed by atoms with Gasteiger partial charge in [0.1, 0.15) is 11.5 Å². The van der Waals surface area contributed by atoms with Crippen LogP contribution in [-0.2, 0) is 5.41 Å². The minimum atomic E-state index is -0.111. The molecule has 1 nitrogen and oxygen atoms in total. The Morgan fingerprint density at radius 3 is 1.59 bits per heavy atom. The second-order valence-electron chi connectivity index (χ2n) is 6.65. The number of para-hydroxylation sites is 2. The summed E-state index contributed by atoms with van der Waals surface area (Å²) in [5.41, 5.74) is 6.49. The van der Waals surface area contributed by atoms with Crippen LogP contribution in [0.15, 0.2) is 49.6 Å². The Kier molecular flexibility index (Phi) is 3.25. The van der Waals surface area contributed by atoms with Crippen LogP contribution in [0.1, 0.15) is 49.9 Å². The lowest BCUT2D eigenvalue weighted by molar-refractivity contribution is 0.415. The van der Waals surface area contributed by atoms with E-state index in [-0.39, 0.29) is 5.41 Å². The summed E-state index contributed by atoms with van der Waals surface area (Å²) in [6.45, 7) is 16.7. The molecule has 112 valence electrons. The molecule has 0 saturated heterocycles. The third-order valence-electron chi connectivity index (χ3n) is 4.50. The molecular weight excluding hydrogens is 268 g/mol. The van der Waals surface area contributed by atoms with Gasteiger partial charge in [0.15, 0.2) is 0 Å². The molecule has 0 N–H and O–H groups in total. The van der Waals surface area contributed by atoms with Gasteiger partial charge in [-0.25, -0.2) is 0 Å². The maximum atomic E-state index is 6.38. The summed E-state index contributed by atoms with van der Waals surface area (Å²) in [5.74, 6) is 1.86. The van der Waals surface area contributed by atoms with Gasteiger partial charge >= 0.3 is 0 Å². The molecule has 0 spiro atoms. The Morgan fingerprint density at radius 2 is 1.23 bits per heavy atom. The van der Waals surface area contributed by atoms with Crippen LogP contribution in [0.4, 0.5) is 0 Å². The molecule has 0 atom stereocenters. The maximum absolute atomic E-state index is 6.38. The predicted molar refractivity (Wildman–Crippen MR) is 94.5 cm³/mol. The average molecular weight is 290 g/mol. The average Bonchev–Trinajstić information content (AvgIpc) is 2.46. The third kappa shape index (κ3) is 2.00. The lowest BCUT2D eigenvalue weighted by Crippen LogP contribution is -2.25. The van der Waals surface area contributed by atoms with Gasteiger partial charge in [0.05, 0.1) is 0 Å². The second-order valence-corrected chi connectivity index (χ2v) is 6.65. The van der Waals surface area contributed by atoms with E-state index >= 15 is 0 Å². The van der Waals surface area contributed by atoms with Crippen LogP contribution >= 0.6 is 0 Å². The van der Waals surface area contributed by atoms with Crippen molar-refractivity contribution in [2.75, 3.05) is 0 Å². The van der Waals surface area contributed by atoms with Crippen LogP contribution in [0.25, 0.3) is 11.1 Å². The fraction of sp³-hybridized carbons (Fsp3) is 0.238. The Labute approximate surface area is 133 Å². The van der Waals surface area contributed by atoms with E-state index in [2.05, 4.69) is 63.4 Å². The summed E-state index contributed by atoms with van der Waals surface area (Å²) in [6.07, 6.45) is 0. The van der Waals surface area contributed by atoms with Gasteiger partial charge in [0, 0.05) is 27.7 Å². The number of hydrogen-bond donors (Lipinski definition) is 0. The predicted octanol–water partition coefficient (Wildman–Crippen LogP) is 6.18. The van der Waals surface area contributed by atoms with Crippen LogP contribution in [0.5, 0.6) is 11.5 Å². The first-order chi connectivity index (χ1) is 10.3. The van der Waals surface area contributed by atoms with Crippen molar-refractivity contribution in [2.45, 2.75) is 33.1 Å². The topological polar surface area (TPSA) is 9.23 Å². The maximum Gasteiger partial charge on any atom is 0.139 e. The SMILES string of the molecule is C=C(C)c1cccc2c1Oc1c(C(=C)C)cccc1C2(C)C. The molecule has 2 aromatic rings. The van der Waals surface area contributed by atoms with Gasteiger partial charge in [-0.05, 0) is 25.0 Å². The Balaban J connectivity index is 2.33. The molecule has 0 saturated carbocycles. The van der Waals surface area contributed by atoms with Crippen LogP contribution in [0.2, 0.25) is 0 Å². The third-order valence-corrected chi connectivity index (χ3v) is 4.50. The number of rotatable bonds is 2. The first-order valence-electron chi connectivity index (χ1n) is 7.60. The molecule has 0 fully saturated rings. The van der Waals surface area contributed by atoms with Crippen molar-refractivity contribution in [2.24, 2.45) is 0 Å². The first-order valence-corrected chi connectivity index (χ1v) is 7.60. The Hall–Kier alpha value is -2.28. The van der Waals surface area contributed by atoms with E-state index in [9.17, 15) is 0 Å². The summed E-state index contributed by atoms with van der Waals surface area (Å²) >= 11 is 0. The van der Waals surface area contributed by atoms with Crippen molar-refractivity contribution in [3.8, 4) is 11.5 Å². The highest BCUT2D eigenvalue weighted by molar-refractivity contribution is 5.76. The molecule has 0 aromatic heterocycles. The van der Waals surface area contributed by atoms with E-state index in [4.69, 9.17) is 4.74 Å². The molecule has 1 heterocycles. The Bertz CT molecular complexity index is 728. The zero-order valence-corrected chi connectivity index (χ0v) is 13.8. The lowest BCUT2D eigenvalue weighted by atomic mass is 9.74. The molecule has 1 aliphatic rings. The van der Waals surface area contributed by atoms with Gasteiger partial charge in [-0.1, -0.05) is 63.4 Å². The molecule has 0 aliphatic carbocycles. The van der Waals surface area contributed by atoms with Crippen LogP contribution in [0.3, 0.4) is 0 Å². The summed E-state index contributed by atoms with van der Waals surface area (Å²) < 4.78 is 6.38. The Morgan fingerprint density at radius 1 is 0.818 bits per heavy atom. The molecule has 0 unspecified atom stereocenters. The van der Waals surface area contributed by atoms with Gasteiger partial charge in [0.2, 0.25) is 0 Å². The number of fused-ring (bicyclic) bond motifs is 2. The molecule has 0 radical (unpaired) electrons. The minimum Gasteiger partial charge on any atom is -0.455 e. The van der Waals surface area contributed by atoms with E-state index in [1.807, 2.05) is 13.8 Å². The number of benzene rings is 2. The molecule has 1 aliphatic heterocycles. The van der Waals surface area contributed by atoms with Gasteiger partial charge in [-0.15, -0.1) is 0 Å². The van der Waals surface area contributed by atoms with Crippen molar-refractivity contribution >= 4 is 11.1 Å². The standard InChI is InChI=1S/C21H22O/c1-13(2)15-9-7-11-17-19(15)22-20-16(14(3)4)10-8-12-18(20)21(17,5)6/h7-12H,1,3H2,2,4-6H3. The zero-order valence-electron chi connectivity index (χ0n) is 13.8. The number of ether oxygens (including phenoxy) is 1.